The van der Waals surface area contributed by atoms with Crippen LogP contribution in [0.3, 0.4) is 0 Å². The van der Waals surface area contributed by atoms with Crippen molar-refractivity contribution in [2.75, 3.05) is 38.0 Å². The van der Waals surface area contributed by atoms with Crippen LogP contribution in [0.25, 0.3) is 0 Å². The van der Waals surface area contributed by atoms with Crippen molar-refractivity contribution in [3.63, 3.8) is 0 Å². The molecule has 1 fully saturated rings. The van der Waals surface area contributed by atoms with E-state index in [2.05, 4.69) is 20.3 Å². The van der Waals surface area contributed by atoms with Crippen molar-refractivity contribution in [3.05, 3.63) is 24.3 Å². The van der Waals surface area contributed by atoms with Gasteiger partial charge in [-0.2, -0.15) is 0 Å². The largest absolute Gasteiger partial charge is 0.573 e. The van der Waals surface area contributed by atoms with Crippen molar-refractivity contribution in [2.45, 2.75) is 12.8 Å². The molecule has 0 radical (unpaired) electrons. The second-order valence-corrected chi connectivity index (χ2v) is 4.96. The molecule has 0 atom stereocenters. The maximum atomic E-state index is 12.0. The van der Waals surface area contributed by atoms with E-state index in [4.69, 9.17) is 0 Å². The fourth-order valence-corrected chi connectivity index (χ4v) is 2.16. The first-order chi connectivity index (χ1) is 10.4. The Hall–Kier alpha value is -1.80. The smallest absolute Gasteiger partial charge is 0.406 e. The van der Waals surface area contributed by atoms with E-state index in [9.17, 15) is 18.0 Å². The number of anilines is 1. The zero-order valence-corrected chi connectivity index (χ0v) is 11.9. The number of amides is 1. The van der Waals surface area contributed by atoms with E-state index < -0.39 is 6.36 Å². The van der Waals surface area contributed by atoms with Crippen LogP contribution in [-0.2, 0) is 4.79 Å². The Labute approximate surface area is 126 Å². The minimum absolute atomic E-state index is 0.164. The number of hydrogen-bond donors (Lipinski definition) is 2. The third-order valence-corrected chi connectivity index (χ3v) is 3.24. The number of nitrogens with zero attached hydrogens (tertiary/aromatic N) is 1. The maximum absolute atomic E-state index is 12.0. The first-order valence-corrected chi connectivity index (χ1v) is 7.01. The topological polar surface area (TPSA) is 53.6 Å². The summed E-state index contributed by atoms with van der Waals surface area (Å²) in [6.07, 6.45) is -4.37. The summed E-state index contributed by atoms with van der Waals surface area (Å²) in [5.74, 6) is -0.477. The quantitative estimate of drug-likeness (QED) is 0.870. The van der Waals surface area contributed by atoms with Crippen LogP contribution in [0.1, 0.15) is 6.42 Å². The standard InChI is InChI=1S/C14H18F3N3O2/c15-14(16,17)22-12-3-1-11(2-4-12)19-13(21)5-8-20-9-6-18-7-10-20/h1-4,18H,5-10H2,(H,19,21). The average molecular weight is 317 g/mol. The Balaban J connectivity index is 1.76. The lowest BCUT2D eigenvalue weighted by atomic mass is 10.2. The molecule has 0 spiro atoms. The molecule has 1 amide bonds. The van der Waals surface area contributed by atoms with E-state index in [1.54, 1.807) is 0 Å². The van der Waals surface area contributed by atoms with E-state index in [0.29, 0.717) is 18.7 Å². The number of piperazine rings is 1. The van der Waals surface area contributed by atoms with Gasteiger partial charge in [0.2, 0.25) is 5.91 Å². The summed E-state index contributed by atoms with van der Waals surface area (Å²) in [5.41, 5.74) is 0.444. The Kier molecular flexibility index (Phi) is 5.62. The molecule has 1 aromatic carbocycles. The third-order valence-electron chi connectivity index (χ3n) is 3.24. The molecular formula is C14H18F3N3O2. The number of rotatable bonds is 5. The van der Waals surface area contributed by atoms with Gasteiger partial charge in [0, 0.05) is 44.8 Å². The normalized spacial score (nSPS) is 16.3. The predicted octanol–water partition coefficient (Wildman–Crippen LogP) is 1.82. The molecule has 1 saturated heterocycles. The lowest BCUT2D eigenvalue weighted by Crippen LogP contribution is -2.44. The van der Waals surface area contributed by atoms with Crippen molar-refractivity contribution in [1.82, 2.24) is 10.2 Å². The van der Waals surface area contributed by atoms with Crippen molar-refractivity contribution in [3.8, 4) is 5.75 Å². The lowest BCUT2D eigenvalue weighted by molar-refractivity contribution is -0.274. The van der Waals surface area contributed by atoms with Gasteiger partial charge in [0.25, 0.3) is 0 Å². The zero-order valence-electron chi connectivity index (χ0n) is 11.9. The monoisotopic (exact) mass is 317 g/mol. The third kappa shape index (κ3) is 5.90. The van der Waals surface area contributed by atoms with Crippen LogP contribution in [0.2, 0.25) is 0 Å². The van der Waals surface area contributed by atoms with E-state index >= 15 is 0 Å². The number of ether oxygens (including phenoxy) is 1. The number of carbonyl (C=O) groups is 1. The van der Waals surface area contributed by atoms with Gasteiger partial charge in [0.1, 0.15) is 5.75 Å². The number of carbonyl (C=O) groups excluding carboxylic acids is 1. The molecule has 0 aliphatic carbocycles. The molecule has 8 heteroatoms. The fraction of sp³-hybridized carbons (Fsp3) is 0.500. The lowest BCUT2D eigenvalue weighted by Gasteiger charge is -2.26. The van der Waals surface area contributed by atoms with Gasteiger partial charge in [-0.3, -0.25) is 4.79 Å². The first-order valence-electron chi connectivity index (χ1n) is 7.01. The van der Waals surface area contributed by atoms with Crippen molar-refractivity contribution in [2.24, 2.45) is 0 Å². The number of nitrogens with one attached hydrogen (secondary N) is 2. The number of halogens is 3. The van der Waals surface area contributed by atoms with Crippen LogP contribution in [0, 0.1) is 0 Å². The molecule has 0 bridgehead atoms. The molecule has 0 saturated carbocycles. The minimum Gasteiger partial charge on any atom is -0.406 e. The summed E-state index contributed by atoms with van der Waals surface area (Å²) in [5, 5.41) is 5.88. The molecular weight excluding hydrogens is 299 g/mol. The van der Waals surface area contributed by atoms with Crippen molar-refractivity contribution >= 4 is 11.6 Å². The highest BCUT2D eigenvalue weighted by molar-refractivity contribution is 5.90. The van der Waals surface area contributed by atoms with Gasteiger partial charge in [-0.05, 0) is 24.3 Å². The van der Waals surface area contributed by atoms with Crippen LogP contribution in [0.4, 0.5) is 18.9 Å². The molecule has 2 rings (SSSR count). The number of hydrogen-bond acceptors (Lipinski definition) is 4. The highest BCUT2D eigenvalue weighted by Crippen LogP contribution is 2.23. The molecule has 0 unspecified atom stereocenters. The van der Waals surface area contributed by atoms with Gasteiger partial charge >= 0.3 is 6.36 Å². The maximum Gasteiger partial charge on any atom is 0.573 e. The molecule has 5 nitrogen and oxygen atoms in total. The van der Waals surface area contributed by atoms with Crippen LogP contribution >= 0.6 is 0 Å². The molecule has 2 N–H and O–H groups in total. The number of benzene rings is 1. The molecule has 1 heterocycles. The van der Waals surface area contributed by atoms with E-state index in [1.807, 2.05) is 0 Å². The summed E-state index contributed by atoms with van der Waals surface area (Å²) in [6.45, 7) is 4.33. The van der Waals surface area contributed by atoms with Gasteiger partial charge in [-0.25, -0.2) is 0 Å². The molecule has 0 aromatic heterocycles. The summed E-state index contributed by atoms with van der Waals surface area (Å²) in [6, 6.07) is 5.09. The summed E-state index contributed by atoms with van der Waals surface area (Å²) >= 11 is 0. The Bertz CT molecular complexity index is 485. The summed E-state index contributed by atoms with van der Waals surface area (Å²) in [7, 11) is 0. The minimum atomic E-state index is -4.71. The highest BCUT2D eigenvalue weighted by Gasteiger charge is 2.30. The second kappa shape index (κ2) is 7.46. The van der Waals surface area contributed by atoms with Gasteiger partial charge in [0.15, 0.2) is 0 Å². The molecule has 1 aromatic rings. The molecule has 1 aliphatic heterocycles. The van der Waals surface area contributed by atoms with Crippen molar-refractivity contribution in [1.29, 1.82) is 0 Å². The van der Waals surface area contributed by atoms with Gasteiger partial charge in [-0.1, -0.05) is 0 Å². The average Bonchev–Trinajstić information content (AvgIpc) is 2.47. The zero-order chi connectivity index (χ0) is 16.0. The highest BCUT2D eigenvalue weighted by atomic mass is 19.4. The van der Waals surface area contributed by atoms with Gasteiger partial charge < -0.3 is 20.3 Å². The molecule has 22 heavy (non-hydrogen) atoms. The van der Waals surface area contributed by atoms with Crippen LogP contribution in [0.15, 0.2) is 24.3 Å². The fourth-order valence-electron chi connectivity index (χ4n) is 2.16. The van der Waals surface area contributed by atoms with Crippen LogP contribution < -0.4 is 15.4 Å². The Morgan fingerprint density at radius 2 is 1.86 bits per heavy atom. The Morgan fingerprint density at radius 1 is 1.23 bits per heavy atom. The van der Waals surface area contributed by atoms with Gasteiger partial charge in [-0.15, -0.1) is 13.2 Å². The van der Waals surface area contributed by atoms with E-state index in [-0.39, 0.29) is 11.7 Å². The Morgan fingerprint density at radius 3 is 2.45 bits per heavy atom. The van der Waals surface area contributed by atoms with Crippen LogP contribution in [-0.4, -0.2) is 49.9 Å². The van der Waals surface area contributed by atoms with E-state index in [1.165, 1.54) is 24.3 Å². The summed E-state index contributed by atoms with van der Waals surface area (Å²) < 4.78 is 39.8. The predicted molar refractivity (Wildman–Crippen MR) is 75.7 cm³/mol. The number of alkyl halides is 3. The summed E-state index contributed by atoms with van der Waals surface area (Å²) in [4.78, 5) is 14.0. The molecule has 122 valence electrons. The van der Waals surface area contributed by atoms with Crippen molar-refractivity contribution < 1.29 is 22.7 Å². The first kappa shape index (κ1) is 16.6. The van der Waals surface area contributed by atoms with Gasteiger partial charge in [0.05, 0.1) is 0 Å². The van der Waals surface area contributed by atoms with Crippen LogP contribution in [0.5, 0.6) is 5.75 Å². The molecule has 1 aliphatic rings. The SMILES string of the molecule is O=C(CCN1CCNCC1)Nc1ccc(OC(F)(F)F)cc1. The van der Waals surface area contributed by atoms with E-state index in [0.717, 1.165) is 26.2 Å². The second-order valence-electron chi connectivity index (χ2n) is 4.96.